The molecule has 0 unspecified atom stereocenters. The molecule has 1 aliphatic carbocycles. The third-order valence-electron chi connectivity index (χ3n) is 4.63. The molecule has 0 bridgehead atoms. The minimum Gasteiger partial charge on any atom is -0.296 e. The van der Waals surface area contributed by atoms with Gasteiger partial charge in [0.25, 0.3) is 5.91 Å². The quantitative estimate of drug-likeness (QED) is 0.894. The summed E-state index contributed by atoms with van der Waals surface area (Å²) in [5, 5.41) is 9.66. The van der Waals surface area contributed by atoms with Gasteiger partial charge in [-0.2, -0.15) is 5.10 Å². The number of amides is 1. The van der Waals surface area contributed by atoms with Gasteiger partial charge in [0.05, 0.1) is 17.5 Å². The number of nitrogens with one attached hydrogen (secondary N) is 1. The van der Waals surface area contributed by atoms with E-state index < -0.39 is 9.84 Å². The van der Waals surface area contributed by atoms with Crippen molar-refractivity contribution >= 4 is 32.2 Å². The van der Waals surface area contributed by atoms with Gasteiger partial charge in [-0.3, -0.25) is 14.8 Å². The number of carbonyl (C=O) groups excluding carboxylic acids is 1. The van der Waals surface area contributed by atoms with Crippen molar-refractivity contribution in [3.63, 3.8) is 0 Å². The van der Waals surface area contributed by atoms with Crippen LogP contribution in [0.4, 0.5) is 5.13 Å². The van der Waals surface area contributed by atoms with Gasteiger partial charge in [0.15, 0.2) is 20.7 Å². The molecule has 1 fully saturated rings. The molecule has 1 atom stereocenters. The fourth-order valence-electron chi connectivity index (χ4n) is 3.52. The van der Waals surface area contributed by atoms with Crippen LogP contribution in [0.25, 0.3) is 0 Å². The van der Waals surface area contributed by atoms with Crippen LogP contribution in [0.3, 0.4) is 0 Å². The summed E-state index contributed by atoms with van der Waals surface area (Å²) in [5.74, 6) is 0.0597. The van der Waals surface area contributed by atoms with E-state index in [9.17, 15) is 13.2 Å². The van der Waals surface area contributed by atoms with Crippen LogP contribution < -0.4 is 5.32 Å². The second-order valence-electron chi connectivity index (χ2n) is 6.27. The molecule has 7 nitrogen and oxygen atoms in total. The van der Waals surface area contributed by atoms with Crippen LogP contribution in [-0.4, -0.2) is 40.6 Å². The monoisotopic (exact) mass is 366 g/mol. The highest BCUT2D eigenvalue weighted by atomic mass is 32.2. The number of nitrogens with zero attached hydrogens (tertiary/aromatic N) is 3. The number of rotatable bonds is 3. The molecule has 24 heavy (non-hydrogen) atoms. The van der Waals surface area contributed by atoms with Crippen molar-refractivity contribution in [1.29, 1.82) is 0 Å². The summed E-state index contributed by atoms with van der Waals surface area (Å²) in [6.07, 6.45) is 5.95. The van der Waals surface area contributed by atoms with E-state index in [1.54, 1.807) is 11.6 Å². The summed E-state index contributed by atoms with van der Waals surface area (Å²) in [5.41, 5.74) is 2.43. The maximum absolute atomic E-state index is 12.6. The predicted octanol–water partition coefficient (Wildman–Crippen LogP) is 1.83. The molecular formula is C15H18N4O3S2. The Morgan fingerprint density at radius 1 is 1.33 bits per heavy atom. The van der Waals surface area contributed by atoms with Gasteiger partial charge >= 0.3 is 0 Å². The van der Waals surface area contributed by atoms with Gasteiger partial charge in [-0.15, -0.1) is 11.3 Å². The number of thiazole rings is 1. The topological polar surface area (TPSA) is 93.9 Å². The van der Waals surface area contributed by atoms with Crippen LogP contribution in [0.15, 0.2) is 11.6 Å². The molecule has 2 aromatic rings. The lowest BCUT2D eigenvalue weighted by Gasteiger charge is -2.17. The molecular weight excluding hydrogens is 348 g/mol. The molecule has 4 rings (SSSR count). The highest BCUT2D eigenvalue weighted by Crippen LogP contribution is 2.31. The third-order valence-corrected chi connectivity index (χ3v) is 7.07. The fraction of sp³-hybridized carbons (Fsp3) is 0.533. The van der Waals surface area contributed by atoms with Crippen molar-refractivity contribution < 1.29 is 13.2 Å². The van der Waals surface area contributed by atoms with Crippen LogP contribution in [0.2, 0.25) is 0 Å². The summed E-state index contributed by atoms with van der Waals surface area (Å²) < 4.78 is 25.4. The first-order chi connectivity index (χ1) is 11.5. The molecule has 128 valence electrons. The Morgan fingerprint density at radius 2 is 2.17 bits per heavy atom. The SMILES string of the molecule is O=C(Nc1nccs1)c1nn([C@@H]2CCS(=O)(=O)C2)c2c1CCCC2. The third kappa shape index (κ3) is 2.86. The van der Waals surface area contributed by atoms with Crippen molar-refractivity contribution in [1.82, 2.24) is 14.8 Å². The van der Waals surface area contributed by atoms with Crippen LogP contribution in [-0.2, 0) is 22.7 Å². The Bertz CT molecular complexity index is 871. The predicted molar refractivity (Wildman–Crippen MR) is 91.2 cm³/mol. The maximum Gasteiger partial charge on any atom is 0.278 e. The van der Waals surface area contributed by atoms with E-state index in [1.165, 1.54) is 11.3 Å². The number of sulfone groups is 1. The largest absolute Gasteiger partial charge is 0.296 e. The zero-order valence-corrected chi connectivity index (χ0v) is 14.7. The first-order valence-electron chi connectivity index (χ1n) is 8.05. The molecule has 2 aliphatic rings. The lowest BCUT2D eigenvalue weighted by molar-refractivity contribution is 0.102. The second-order valence-corrected chi connectivity index (χ2v) is 9.40. The van der Waals surface area contributed by atoms with Gasteiger partial charge in [0, 0.05) is 22.8 Å². The summed E-state index contributed by atoms with van der Waals surface area (Å²) >= 11 is 1.36. The molecule has 1 N–H and O–H groups in total. The van der Waals surface area contributed by atoms with Crippen LogP contribution in [0.5, 0.6) is 0 Å². The zero-order valence-electron chi connectivity index (χ0n) is 13.1. The van der Waals surface area contributed by atoms with E-state index in [0.717, 1.165) is 36.9 Å². The van der Waals surface area contributed by atoms with E-state index in [2.05, 4.69) is 15.4 Å². The molecule has 2 aromatic heterocycles. The Balaban J connectivity index is 1.69. The molecule has 1 saturated heterocycles. The fourth-order valence-corrected chi connectivity index (χ4v) is 5.74. The summed E-state index contributed by atoms with van der Waals surface area (Å²) in [6, 6.07) is -0.150. The van der Waals surface area contributed by atoms with Gasteiger partial charge < -0.3 is 0 Å². The minimum absolute atomic E-state index is 0.120. The normalized spacial score (nSPS) is 22.2. The standard InChI is InChI=1S/C15H18N4O3S2/c20-14(17-15-16-6-7-23-15)13-11-3-1-2-4-12(11)19(18-13)10-5-8-24(21,22)9-10/h6-7,10H,1-5,8-9H2,(H,16,17,20)/t10-/m1/s1. The zero-order chi connectivity index (χ0) is 16.7. The van der Waals surface area contributed by atoms with Gasteiger partial charge in [-0.05, 0) is 32.1 Å². The first-order valence-corrected chi connectivity index (χ1v) is 10.7. The van der Waals surface area contributed by atoms with Crippen molar-refractivity contribution in [2.24, 2.45) is 0 Å². The van der Waals surface area contributed by atoms with E-state index in [0.29, 0.717) is 17.2 Å². The molecule has 0 aromatic carbocycles. The highest BCUT2D eigenvalue weighted by molar-refractivity contribution is 7.91. The van der Waals surface area contributed by atoms with E-state index in [1.807, 2.05) is 4.68 Å². The number of aromatic nitrogens is 3. The minimum atomic E-state index is -2.99. The van der Waals surface area contributed by atoms with Crippen molar-refractivity contribution in [3.8, 4) is 0 Å². The maximum atomic E-state index is 12.6. The van der Waals surface area contributed by atoms with Crippen LogP contribution in [0, 0.1) is 0 Å². The van der Waals surface area contributed by atoms with Crippen LogP contribution in [0.1, 0.15) is 47.1 Å². The number of anilines is 1. The van der Waals surface area contributed by atoms with Gasteiger partial charge in [-0.25, -0.2) is 13.4 Å². The second kappa shape index (κ2) is 5.96. The lowest BCUT2D eigenvalue weighted by Crippen LogP contribution is -2.17. The average Bonchev–Trinajstić information content (AvgIpc) is 3.25. The molecule has 0 saturated carbocycles. The number of fused-ring (bicyclic) bond motifs is 1. The summed E-state index contributed by atoms with van der Waals surface area (Å²) in [7, 11) is -2.99. The Hall–Kier alpha value is -1.74. The molecule has 3 heterocycles. The lowest BCUT2D eigenvalue weighted by atomic mass is 9.95. The molecule has 1 amide bonds. The molecule has 9 heteroatoms. The summed E-state index contributed by atoms with van der Waals surface area (Å²) in [6.45, 7) is 0. The Kier molecular flexibility index (Phi) is 3.92. The van der Waals surface area contributed by atoms with Gasteiger partial charge in [0.2, 0.25) is 0 Å². The van der Waals surface area contributed by atoms with Gasteiger partial charge in [0.1, 0.15) is 0 Å². The van der Waals surface area contributed by atoms with Crippen molar-refractivity contribution in [3.05, 3.63) is 28.5 Å². The van der Waals surface area contributed by atoms with E-state index in [4.69, 9.17) is 0 Å². The smallest absolute Gasteiger partial charge is 0.278 e. The van der Waals surface area contributed by atoms with Crippen molar-refractivity contribution in [2.75, 3.05) is 16.8 Å². The Labute approximate surface area is 144 Å². The first kappa shape index (κ1) is 15.8. The number of carbonyl (C=O) groups is 1. The number of hydrogen-bond donors (Lipinski definition) is 1. The molecule has 0 radical (unpaired) electrons. The Morgan fingerprint density at radius 3 is 2.88 bits per heavy atom. The van der Waals surface area contributed by atoms with Crippen LogP contribution >= 0.6 is 11.3 Å². The van der Waals surface area contributed by atoms with Gasteiger partial charge in [-0.1, -0.05) is 0 Å². The summed E-state index contributed by atoms with van der Waals surface area (Å²) in [4.78, 5) is 16.7. The highest BCUT2D eigenvalue weighted by Gasteiger charge is 2.34. The molecule has 1 aliphatic heterocycles. The number of hydrogen-bond acceptors (Lipinski definition) is 6. The van der Waals surface area contributed by atoms with Crippen molar-refractivity contribution in [2.45, 2.75) is 38.1 Å². The van der Waals surface area contributed by atoms with E-state index >= 15 is 0 Å². The van der Waals surface area contributed by atoms with E-state index in [-0.39, 0.29) is 23.5 Å². The molecule has 0 spiro atoms. The average molecular weight is 366 g/mol.